The summed E-state index contributed by atoms with van der Waals surface area (Å²) >= 11 is 0. The summed E-state index contributed by atoms with van der Waals surface area (Å²) in [7, 11) is 0. The number of nitrogens with zero attached hydrogens (tertiary/aromatic N) is 2. The smallest absolute Gasteiger partial charge is 0.285 e. The number of nitrogens with one attached hydrogen (secondary N) is 2. The lowest BCUT2D eigenvalue weighted by Gasteiger charge is -2.42. The first kappa shape index (κ1) is 37.0. The molecule has 8 heteroatoms. The van der Waals surface area contributed by atoms with Crippen molar-refractivity contribution in [3.63, 3.8) is 0 Å². The number of hydrogen-bond acceptors (Lipinski definition) is 4. The standard InChI is InChI=1S/C39H60N4O4/c1-26(2)30-16-13-17-31(27(3)4)36(30)40-38(44)34-20-9-11-22-42(34,46)24-15-25-43(47)23-12-10-21-35(43)39(45)41-37-32(28(5)6)18-14-19-33(37)29(7)8/h13-14,16-19,26-29,34-35,46-47H,9-12,15,20-25H2,1-8H3/p+2/t34-,35-,42?,43?/m0/s1. The van der Waals surface area contributed by atoms with Crippen LogP contribution in [0.5, 0.6) is 0 Å². The Kier molecular flexibility index (Phi) is 12.3. The summed E-state index contributed by atoms with van der Waals surface area (Å²) in [5.41, 5.74) is 6.17. The van der Waals surface area contributed by atoms with Gasteiger partial charge in [0.05, 0.1) is 6.42 Å². The maximum atomic E-state index is 13.9. The Labute approximate surface area is 283 Å². The number of carbonyl (C=O) groups is 2. The Morgan fingerprint density at radius 3 is 1.23 bits per heavy atom. The van der Waals surface area contributed by atoms with Crippen molar-refractivity contribution in [2.75, 3.05) is 36.8 Å². The molecule has 2 saturated heterocycles. The lowest BCUT2D eigenvalue weighted by atomic mass is 9.92. The summed E-state index contributed by atoms with van der Waals surface area (Å²) in [5, 5.41) is 30.5. The summed E-state index contributed by atoms with van der Waals surface area (Å²) in [5.74, 6) is 0.708. The maximum absolute atomic E-state index is 13.9. The number of rotatable bonds is 12. The SMILES string of the molecule is CC(C)c1cccc(C(C)C)c1NC(=O)[C@@H]1CCCC[N+]1(O)CCC[N+]1(O)CCCC[C@H]1C(=O)Nc1c(C(C)C)cccc1C(C)C. The monoisotopic (exact) mass is 650 g/mol. The second kappa shape index (κ2) is 15.6. The molecule has 0 spiro atoms. The van der Waals surface area contributed by atoms with Crippen molar-refractivity contribution >= 4 is 23.2 Å². The van der Waals surface area contributed by atoms with Crippen LogP contribution in [0.25, 0.3) is 0 Å². The molecule has 4 N–H and O–H groups in total. The molecule has 2 unspecified atom stereocenters. The van der Waals surface area contributed by atoms with Crippen molar-refractivity contribution in [3.05, 3.63) is 58.7 Å². The molecule has 0 bridgehead atoms. The fourth-order valence-electron chi connectivity index (χ4n) is 7.89. The van der Waals surface area contributed by atoms with Gasteiger partial charge in [-0.25, -0.2) is 10.4 Å². The fraction of sp³-hybridized carbons (Fsp3) is 0.641. The third-order valence-electron chi connectivity index (χ3n) is 10.6. The van der Waals surface area contributed by atoms with Gasteiger partial charge in [0.1, 0.15) is 26.2 Å². The molecular weight excluding hydrogens is 588 g/mol. The average Bonchev–Trinajstić information content (AvgIpc) is 3.00. The van der Waals surface area contributed by atoms with Gasteiger partial charge in [0.15, 0.2) is 12.1 Å². The van der Waals surface area contributed by atoms with E-state index >= 15 is 0 Å². The molecule has 0 saturated carbocycles. The third kappa shape index (κ3) is 8.45. The van der Waals surface area contributed by atoms with Crippen LogP contribution < -0.4 is 10.6 Å². The summed E-state index contributed by atoms with van der Waals surface area (Å²) in [6, 6.07) is 11.3. The van der Waals surface area contributed by atoms with Crippen LogP contribution in [0.4, 0.5) is 11.4 Å². The number of anilines is 2. The van der Waals surface area contributed by atoms with Gasteiger partial charge in [0.25, 0.3) is 11.8 Å². The Bertz CT molecular complexity index is 1230. The van der Waals surface area contributed by atoms with Gasteiger partial charge in [0, 0.05) is 24.2 Å². The molecule has 0 radical (unpaired) electrons. The molecule has 8 nitrogen and oxygen atoms in total. The van der Waals surface area contributed by atoms with E-state index in [0.717, 1.165) is 59.3 Å². The van der Waals surface area contributed by atoms with Crippen molar-refractivity contribution in [3.8, 4) is 0 Å². The summed E-state index contributed by atoms with van der Waals surface area (Å²) in [6.07, 6.45) is 5.19. The van der Waals surface area contributed by atoms with Gasteiger partial charge >= 0.3 is 0 Å². The number of carbonyl (C=O) groups excluding carboxylic acids is 2. The van der Waals surface area contributed by atoms with E-state index < -0.39 is 12.1 Å². The van der Waals surface area contributed by atoms with Gasteiger partial charge < -0.3 is 10.6 Å². The van der Waals surface area contributed by atoms with Gasteiger partial charge in [-0.1, -0.05) is 91.8 Å². The normalized spacial score (nSPS) is 25.1. The van der Waals surface area contributed by atoms with Crippen LogP contribution >= 0.6 is 0 Å². The number of benzene rings is 2. The topological polar surface area (TPSA) is 98.7 Å². The number of amides is 2. The van der Waals surface area contributed by atoms with E-state index in [9.17, 15) is 20.0 Å². The molecule has 47 heavy (non-hydrogen) atoms. The highest BCUT2D eigenvalue weighted by Gasteiger charge is 2.47. The molecule has 0 aromatic heterocycles. The highest BCUT2D eigenvalue weighted by atomic mass is 16.6. The lowest BCUT2D eigenvalue weighted by molar-refractivity contribution is -1.13. The molecule has 260 valence electrons. The maximum Gasteiger partial charge on any atom is 0.285 e. The average molecular weight is 651 g/mol. The van der Waals surface area contributed by atoms with Crippen LogP contribution in [-0.4, -0.2) is 69.8 Å². The molecule has 2 aromatic rings. The van der Waals surface area contributed by atoms with E-state index in [4.69, 9.17) is 0 Å². The number of hydrogen-bond donors (Lipinski definition) is 4. The minimum atomic E-state index is -0.585. The van der Waals surface area contributed by atoms with Crippen LogP contribution in [0.15, 0.2) is 36.4 Å². The van der Waals surface area contributed by atoms with Gasteiger partial charge in [-0.05, 0) is 71.6 Å². The number of quaternary nitrogens is 2. The Morgan fingerprint density at radius 2 is 0.936 bits per heavy atom. The molecule has 2 heterocycles. The van der Waals surface area contributed by atoms with E-state index in [2.05, 4.69) is 102 Å². The number of para-hydroxylation sites is 2. The third-order valence-corrected chi connectivity index (χ3v) is 10.6. The van der Waals surface area contributed by atoms with E-state index in [0.29, 0.717) is 45.4 Å². The summed E-state index contributed by atoms with van der Waals surface area (Å²) in [4.78, 5) is 27.9. The zero-order valence-corrected chi connectivity index (χ0v) is 30.3. The number of piperidine rings is 2. The Morgan fingerprint density at radius 1 is 0.617 bits per heavy atom. The zero-order valence-electron chi connectivity index (χ0n) is 30.3. The van der Waals surface area contributed by atoms with Gasteiger partial charge in [0.2, 0.25) is 0 Å². The predicted molar refractivity (Wildman–Crippen MR) is 190 cm³/mol. The Hall–Kier alpha value is -2.78. The molecule has 4 rings (SSSR count). The zero-order chi connectivity index (χ0) is 34.5. The highest BCUT2D eigenvalue weighted by molar-refractivity contribution is 5.96. The van der Waals surface area contributed by atoms with Crippen molar-refractivity contribution < 1.29 is 29.3 Å². The number of hydroxylamine groups is 6. The van der Waals surface area contributed by atoms with Gasteiger partial charge in [-0.15, -0.1) is 0 Å². The number of likely N-dealkylation sites (tertiary alicyclic amines) is 2. The van der Waals surface area contributed by atoms with E-state index in [1.165, 1.54) is 0 Å². The Balaban J connectivity index is 1.49. The van der Waals surface area contributed by atoms with Gasteiger partial charge in [-0.2, -0.15) is 9.29 Å². The summed E-state index contributed by atoms with van der Waals surface area (Å²) in [6.45, 7) is 18.8. The lowest BCUT2D eigenvalue weighted by Crippen LogP contribution is -2.63. The molecule has 0 aliphatic carbocycles. The molecule has 2 amide bonds. The minimum absolute atomic E-state index is 0.143. The molecule has 2 fully saturated rings. The highest BCUT2D eigenvalue weighted by Crippen LogP contribution is 2.36. The summed E-state index contributed by atoms with van der Waals surface area (Å²) < 4.78 is -0.661. The minimum Gasteiger partial charge on any atom is -0.320 e. The van der Waals surface area contributed by atoms with Crippen LogP contribution in [0.2, 0.25) is 0 Å². The molecule has 4 atom stereocenters. The first-order chi connectivity index (χ1) is 22.2. The van der Waals surface area contributed by atoms with Crippen molar-refractivity contribution in [2.24, 2.45) is 0 Å². The molecular formula is C39H62N4O4+2. The van der Waals surface area contributed by atoms with Crippen LogP contribution in [0.3, 0.4) is 0 Å². The molecule has 2 aromatic carbocycles. The molecule has 2 aliphatic rings. The van der Waals surface area contributed by atoms with Gasteiger partial charge in [-0.3, -0.25) is 9.59 Å². The van der Waals surface area contributed by atoms with E-state index in [1.54, 1.807) is 0 Å². The second-order valence-electron chi connectivity index (χ2n) is 15.5. The van der Waals surface area contributed by atoms with Crippen molar-refractivity contribution in [2.45, 2.75) is 136 Å². The van der Waals surface area contributed by atoms with Crippen molar-refractivity contribution in [1.82, 2.24) is 0 Å². The fourth-order valence-corrected chi connectivity index (χ4v) is 7.89. The van der Waals surface area contributed by atoms with E-state index in [1.807, 2.05) is 0 Å². The predicted octanol–water partition coefficient (Wildman–Crippen LogP) is 8.66. The van der Waals surface area contributed by atoms with Crippen LogP contribution in [0, 0.1) is 0 Å². The first-order valence-corrected chi connectivity index (χ1v) is 18.2. The quantitative estimate of drug-likeness (QED) is 0.173. The second-order valence-corrected chi connectivity index (χ2v) is 15.5. The first-order valence-electron chi connectivity index (χ1n) is 18.2. The largest absolute Gasteiger partial charge is 0.320 e. The molecule has 2 aliphatic heterocycles. The van der Waals surface area contributed by atoms with Crippen molar-refractivity contribution in [1.29, 1.82) is 0 Å². The van der Waals surface area contributed by atoms with Crippen LogP contribution in [0.1, 0.15) is 146 Å². The van der Waals surface area contributed by atoms with Crippen LogP contribution in [-0.2, 0) is 9.59 Å². The van der Waals surface area contributed by atoms with E-state index in [-0.39, 0.29) is 44.8 Å².